The summed E-state index contributed by atoms with van der Waals surface area (Å²) in [6.07, 6.45) is 1.96. The molecule has 1 aliphatic heterocycles. The molecule has 76 valence electrons. The van der Waals surface area contributed by atoms with E-state index in [1.165, 1.54) is 0 Å². The van der Waals surface area contributed by atoms with Crippen molar-refractivity contribution in [3.8, 4) is 6.07 Å². The summed E-state index contributed by atoms with van der Waals surface area (Å²) in [5.41, 5.74) is 2.35. The minimum Gasteiger partial charge on any atom is -0.395 e. The van der Waals surface area contributed by atoms with Crippen LogP contribution < -0.4 is 5.32 Å². The van der Waals surface area contributed by atoms with Crippen LogP contribution >= 0.6 is 0 Å². The van der Waals surface area contributed by atoms with Crippen molar-refractivity contribution >= 4 is 0 Å². The summed E-state index contributed by atoms with van der Waals surface area (Å²) in [5, 5.41) is 21.3. The zero-order valence-electron chi connectivity index (χ0n) is 8.89. The third-order valence-corrected chi connectivity index (χ3v) is 2.76. The quantitative estimate of drug-likeness (QED) is 0.616. The summed E-state index contributed by atoms with van der Waals surface area (Å²) >= 11 is 0. The van der Waals surface area contributed by atoms with E-state index in [1.807, 2.05) is 19.9 Å². The first-order chi connectivity index (χ1) is 6.59. The molecule has 0 radical (unpaired) electrons. The first-order valence-electron chi connectivity index (χ1n) is 4.72. The Hall–Kier alpha value is -1.27. The maximum Gasteiger partial charge on any atom is 0.0965 e. The van der Waals surface area contributed by atoms with Gasteiger partial charge in [-0.2, -0.15) is 5.26 Å². The van der Waals surface area contributed by atoms with Crippen LogP contribution in [0.2, 0.25) is 0 Å². The van der Waals surface area contributed by atoms with Crippen LogP contribution in [0.15, 0.2) is 22.9 Å². The summed E-state index contributed by atoms with van der Waals surface area (Å²) < 4.78 is 0. The molecule has 1 fully saturated rings. The van der Waals surface area contributed by atoms with Gasteiger partial charge in [0.05, 0.1) is 18.4 Å². The third-order valence-electron chi connectivity index (χ3n) is 2.76. The molecule has 14 heavy (non-hydrogen) atoms. The normalized spacial score (nSPS) is 32.6. The van der Waals surface area contributed by atoms with Gasteiger partial charge >= 0.3 is 0 Å². The van der Waals surface area contributed by atoms with Crippen molar-refractivity contribution < 1.29 is 5.11 Å². The highest BCUT2D eigenvalue weighted by Gasteiger charge is 2.36. The Morgan fingerprint density at radius 3 is 2.86 bits per heavy atom. The smallest absolute Gasteiger partial charge is 0.0965 e. The van der Waals surface area contributed by atoms with Crippen LogP contribution in [0.5, 0.6) is 0 Å². The van der Waals surface area contributed by atoms with Crippen LogP contribution in [0.25, 0.3) is 0 Å². The fourth-order valence-corrected chi connectivity index (χ4v) is 1.80. The molecule has 2 N–H and O–H groups in total. The SMILES string of the molecule is CC=C1/C(=C(\C)C#N)NC[C@]1(C)CO. The van der Waals surface area contributed by atoms with Crippen LogP contribution in [0.3, 0.4) is 0 Å². The van der Waals surface area contributed by atoms with E-state index in [4.69, 9.17) is 5.26 Å². The molecule has 0 amide bonds. The van der Waals surface area contributed by atoms with Crippen LogP contribution in [0, 0.1) is 16.7 Å². The zero-order chi connectivity index (χ0) is 10.8. The molecular weight excluding hydrogens is 176 g/mol. The largest absolute Gasteiger partial charge is 0.395 e. The lowest BCUT2D eigenvalue weighted by atomic mass is 9.84. The van der Waals surface area contributed by atoms with Crippen molar-refractivity contribution in [3.63, 3.8) is 0 Å². The van der Waals surface area contributed by atoms with Gasteiger partial charge in [0.1, 0.15) is 0 Å². The van der Waals surface area contributed by atoms with Gasteiger partial charge in [0.15, 0.2) is 0 Å². The van der Waals surface area contributed by atoms with Crippen LogP contribution in [0.1, 0.15) is 20.8 Å². The van der Waals surface area contributed by atoms with Gasteiger partial charge < -0.3 is 10.4 Å². The van der Waals surface area contributed by atoms with E-state index in [0.29, 0.717) is 12.1 Å². The molecule has 3 nitrogen and oxygen atoms in total. The molecule has 1 saturated heterocycles. The fourth-order valence-electron chi connectivity index (χ4n) is 1.80. The van der Waals surface area contributed by atoms with Crippen LogP contribution in [-0.4, -0.2) is 18.3 Å². The second-order valence-corrected chi connectivity index (χ2v) is 3.89. The average Bonchev–Trinajstić information content (AvgIpc) is 2.55. The van der Waals surface area contributed by atoms with Gasteiger partial charge in [-0.3, -0.25) is 0 Å². The van der Waals surface area contributed by atoms with E-state index in [0.717, 1.165) is 11.3 Å². The first-order valence-corrected chi connectivity index (χ1v) is 4.72. The Kier molecular flexibility index (Phi) is 2.97. The summed E-state index contributed by atoms with van der Waals surface area (Å²) in [6.45, 7) is 6.50. The second kappa shape index (κ2) is 3.85. The third kappa shape index (κ3) is 1.53. The predicted molar refractivity (Wildman–Crippen MR) is 55.3 cm³/mol. The number of nitrogens with one attached hydrogen (secondary N) is 1. The van der Waals surface area contributed by atoms with Gasteiger partial charge in [-0.05, 0) is 19.4 Å². The van der Waals surface area contributed by atoms with E-state index < -0.39 is 0 Å². The Bertz CT molecular complexity index is 336. The maximum atomic E-state index is 9.31. The molecule has 1 aliphatic rings. The van der Waals surface area contributed by atoms with Gasteiger partial charge in [-0.15, -0.1) is 0 Å². The molecule has 0 bridgehead atoms. The van der Waals surface area contributed by atoms with E-state index in [9.17, 15) is 5.11 Å². The van der Waals surface area contributed by atoms with Gasteiger partial charge in [0.2, 0.25) is 0 Å². The Morgan fingerprint density at radius 2 is 2.43 bits per heavy atom. The number of aliphatic hydroxyl groups excluding tert-OH is 1. The number of nitrogens with zero attached hydrogens (tertiary/aromatic N) is 1. The number of hydrogen-bond donors (Lipinski definition) is 2. The van der Waals surface area contributed by atoms with Crippen molar-refractivity contribution in [3.05, 3.63) is 22.9 Å². The fraction of sp³-hybridized carbons (Fsp3) is 0.545. The van der Waals surface area contributed by atoms with E-state index >= 15 is 0 Å². The van der Waals surface area contributed by atoms with E-state index in [1.54, 1.807) is 6.92 Å². The Balaban J connectivity index is 3.17. The molecule has 0 unspecified atom stereocenters. The minimum absolute atomic E-state index is 0.0991. The molecule has 0 aromatic heterocycles. The first kappa shape index (κ1) is 10.8. The van der Waals surface area contributed by atoms with Crippen LogP contribution in [0.4, 0.5) is 0 Å². The van der Waals surface area contributed by atoms with Gasteiger partial charge in [-0.25, -0.2) is 0 Å². The summed E-state index contributed by atoms with van der Waals surface area (Å²) in [7, 11) is 0. The van der Waals surface area contributed by atoms with Gasteiger partial charge in [0, 0.05) is 17.5 Å². The molecule has 1 rings (SSSR count). The molecule has 1 atom stereocenters. The number of allylic oxidation sites excluding steroid dienone is 3. The molecule has 1 heterocycles. The lowest BCUT2D eigenvalue weighted by Crippen LogP contribution is -2.25. The van der Waals surface area contributed by atoms with Gasteiger partial charge in [0.25, 0.3) is 0 Å². The lowest BCUT2D eigenvalue weighted by molar-refractivity contribution is 0.189. The van der Waals surface area contributed by atoms with Gasteiger partial charge in [-0.1, -0.05) is 13.0 Å². The van der Waals surface area contributed by atoms with Crippen molar-refractivity contribution in [2.24, 2.45) is 5.41 Å². The number of aliphatic hydroxyl groups is 1. The predicted octanol–water partition coefficient (Wildman–Crippen LogP) is 1.33. The maximum absolute atomic E-state index is 9.31. The molecule has 0 saturated carbocycles. The van der Waals surface area contributed by atoms with Crippen molar-refractivity contribution in [1.82, 2.24) is 5.32 Å². The molecule has 0 aliphatic carbocycles. The van der Waals surface area contributed by atoms with Crippen molar-refractivity contribution in [2.45, 2.75) is 20.8 Å². The zero-order valence-corrected chi connectivity index (χ0v) is 8.89. The van der Waals surface area contributed by atoms with E-state index in [2.05, 4.69) is 11.4 Å². The molecule has 0 spiro atoms. The van der Waals surface area contributed by atoms with Crippen molar-refractivity contribution in [1.29, 1.82) is 5.26 Å². The monoisotopic (exact) mass is 192 g/mol. The highest BCUT2D eigenvalue weighted by molar-refractivity contribution is 5.46. The second-order valence-electron chi connectivity index (χ2n) is 3.89. The summed E-state index contributed by atoms with van der Waals surface area (Å²) in [6, 6.07) is 2.13. The molecule has 0 aromatic rings. The van der Waals surface area contributed by atoms with Crippen molar-refractivity contribution in [2.75, 3.05) is 13.2 Å². The lowest BCUT2D eigenvalue weighted by Gasteiger charge is -2.20. The highest BCUT2D eigenvalue weighted by Crippen LogP contribution is 2.37. The molecule has 0 aromatic carbocycles. The number of hydrogen-bond acceptors (Lipinski definition) is 3. The highest BCUT2D eigenvalue weighted by atomic mass is 16.3. The average molecular weight is 192 g/mol. The van der Waals surface area contributed by atoms with Crippen LogP contribution in [-0.2, 0) is 0 Å². The van der Waals surface area contributed by atoms with E-state index in [-0.39, 0.29) is 12.0 Å². The number of nitriles is 1. The topological polar surface area (TPSA) is 56.0 Å². The molecule has 3 heteroatoms. The Morgan fingerprint density at radius 1 is 1.79 bits per heavy atom. The summed E-state index contributed by atoms with van der Waals surface area (Å²) in [5.74, 6) is 0. The number of rotatable bonds is 1. The standard InChI is InChI=1S/C11H16N2O/c1-4-9-10(8(2)5-12)13-6-11(9,3)7-14/h4,13-14H,6-7H2,1-3H3/b9-4?,10-8-/t11-/m1/s1. The molecular formula is C11H16N2O. The Labute approximate surface area is 84.7 Å². The summed E-state index contributed by atoms with van der Waals surface area (Å²) in [4.78, 5) is 0. The minimum atomic E-state index is -0.248.